The molecule has 0 bridgehead atoms. The number of carbonyl (C=O) groups excluding carboxylic acids is 1. The fourth-order valence-corrected chi connectivity index (χ4v) is 4.37. The first-order valence-corrected chi connectivity index (χ1v) is 11.4. The van der Waals surface area contributed by atoms with Crippen LogP contribution < -0.4 is 10.6 Å². The molecular formula is C25H24F2N6O2. The molecule has 1 fully saturated rings. The number of hydrogen-bond acceptors (Lipinski definition) is 7. The van der Waals surface area contributed by atoms with Crippen molar-refractivity contribution < 1.29 is 18.3 Å². The summed E-state index contributed by atoms with van der Waals surface area (Å²) in [5, 5.41) is 4.89. The standard InChI is InChI=1S/C25H24F2N6O2/c1-2-35-24(34)15-10-12-32(13-11-15)25-29-21(18-8-3-4-9-19(18)27)20-22(28)33(31-23(20)30-25)17-7-5-6-16(26)14-17/h3-9,14-15H,2,10-13,28H2,1H3. The number of benzene rings is 2. The number of anilines is 2. The Morgan fingerprint density at radius 3 is 2.60 bits per heavy atom. The van der Waals surface area contributed by atoms with Crippen LogP contribution in [0.25, 0.3) is 28.0 Å². The Kier molecular flexibility index (Phi) is 6.02. The third-order valence-electron chi connectivity index (χ3n) is 6.14. The minimum absolute atomic E-state index is 0.177. The van der Waals surface area contributed by atoms with Gasteiger partial charge in [-0.2, -0.15) is 4.98 Å². The highest BCUT2D eigenvalue weighted by Crippen LogP contribution is 2.35. The molecule has 1 aliphatic rings. The molecule has 0 spiro atoms. The van der Waals surface area contributed by atoms with Crippen LogP contribution in [0.3, 0.4) is 0 Å². The SMILES string of the molecule is CCOC(=O)C1CCN(c2nc(-c3ccccc3F)c3c(N)n(-c4cccc(F)c4)nc3n2)CC1. The zero-order chi connectivity index (χ0) is 24.5. The molecule has 5 rings (SSSR count). The summed E-state index contributed by atoms with van der Waals surface area (Å²) < 4.78 is 35.3. The highest BCUT2D eigenvalue weighted by molar-refractivity contribution is 5.99. The lowest BCUT2D eigenvalue weighted by molar-refractivity contribution is -0.148. The number of hydrogen-bond donors (Lipinski definition) is 1. The van der Waals surface area contributed by atoms with Crippen LogP contribution >= 0.6 is 0 Å². The number of nitrogens with two attached hydrogens (primary N) is 1. The van der Waals surface area contributed by atoms with Crippen LogP contribution in [0.15, 0.2) is 48.5 Å². The number of nitrogens with zero attached hydrogens (tertiary/aromatic N) is 5. The number of ether oxygens (including phenoxy) is 1. The van der Waals surface area contributed by atoms with Crippen LogP contribution in [0.1, 0.15) is 19.8 Å². The van der Waals surface area contributed by atoms with Crippen LogP contribution in [0.5, 0.6) is 0 Å². The van der Waals surface area contributed by atoms with Crippen molar-refractivity contribution in [1.82, 2.24) is 19.7 Å². The predicted molar refractivity (Wildman–Crippen MR) is 128 cm³/mol. The Morgan fingerprint density at radius 1 is 1.11 bits per heavy atom. The molecule has 180 valence electrons. The number of fused-ring (bicyclic) bond motifs is 1. The summed E-state index contributed by atoms with van der Waals surface area (Å²) in [5.74, 6) is -0.733. The quantitative estimate of drug-likeness (QED) is 0.431. The molecule has 0 atom stereocenters. The summed E-state index contributed by atoms with van der Waals surface area (Å²) >= 11 is 0. The van der Waals surface area contributed by atoms with Crippen molar-refractivity contribution >= 4 is 28.8 Å². The number of aromatic nitrogens is 4. The fraction of sp³-hybridized carbons (Fsp3) is 0.280. The van der Waals surface area contributed by atoms with Crippen molar-refractivity contribution in [1.29, 1.82) is 0 Å². The van der Waals surface area contributed by atoms with Gasteiger partial charge in [0.15, 0.2) is 5.65 Å². The van der Waals surface area contributed by atoms with Crippen LogP contribution in [-0.2, 0) is 9.53 Å². The summed E-state index contributed by atoms with van der Waals surface area (Å²) in [6, 6.07) is 12.1. The van der Waals surface area contributed by atoms with Gasteiger partial charge in [-0.05, 0) is 50.1 Å². The summed E-state index contributed by atoms with van der Waals surface area (Å²) in [6.07, 6.45) is 1.18. The first-order chi connectivity index (χ1) is 17.0. The maximum atomic E-state index is 14.9. The van der Waals surface area contributed by atoms with E-state index in [2.05, 4.69) is 10.1 Å². The molecule has 0 aliphatic carbocycles. The maximum absolute atomic E-state index is 14.9. The number of carbonyl (C=O) groups is 1. The monoisotopic (exact) mass is 478 g/mol. The van der Waals surface area contributed by atoms with Crippen LogP contribution in [-0.4, -0.2) is 45.4 Å². The summed E-state index contributed by atoms with van der Waals surface area (Å²) in [4.78, 5) is 23.4. The highest BCUT2D eigenvalue weighted by Gasteiger charge is 2.29. The second kappa shape index (κ2) is 9.28. The van der Waals surface area contributed by atoms with Crippen LogP contribution in [0.2, 0.25) is 0 Å². The van der Waals surface area contributed by atoms with Crippen LogP contribution in [0.4, 0.5) is 20.5 Å². The van der Waals surface area contributed by atoms with Crippen molar-refractivity contribution in [2.75, 3.05) is 30.3 Å². The minimum Gasteiger partial charge on any atom is -0.466 e. The minimum atomic E-state index is -0.461. The third kappa shape index (κ3) is 4.27. The molecule has 3 heterocycles. The molecule has 4 aromatic rings. The van der Waals surface area contributed by atoms with E-state index >= 15 is 0 Å². The van der Waals surface area contributed by atoms with E-state index in [1.54, 1.807) is 37.3 Å². The van der Waals surface area contributed by atoms with Gasteiger partial charge in [0, 0.05) is 18.7 Å². The van der Waals surface area contributed by atoms with Crippen molar-refractivity contribution in [3.05, 3.63) is 60.2 Å². The van der Waals surface area contributed by atoms with Gasteiger partial charge in [-0.1, -0.05) is 18.2 Å². The summed E-state index contributed by atoms with van der Waals surface area (Å²) in [6.45, 7) is 3.20. The fourth-order valence-electron chi connectivity index (χ4n) is 4.37. The first kappa shape index (κ1) is 22.7. The Labute approximate surface area is 200 Å². The van der Waals surface area contributed by atoms with Crippen molar-refractivity contribution in [3.8, 4) is 16.9 Å². The van der Waals surface area contributed by atoms with E-state index in [0.29, 0.717) is 55.3 Å². The Hall–Kier alpha value is -4.08. The summed E-state index contributed by atoms with van der Waals surface area (Å²) in [7, 11) is 0. The third-order valence-corrected chi connectivity index (χ3v) is 6.14. The van der Waals surface area contributed by atoms with E-state index < -0.39 is 11.6 Å². The lowest BCUT2D eigenvalue weighted by Gasteiger charge is -2.31. The Bertz CT molecular complexity index is 1400. The molecule has 1 aliphatic heterocycles. The molecule has 0 saturated carbocycles. The number of piperidine rings is 1. The van der Waals surface area contributed by atoms with Crippen molar-refractivity contribution in [2.24, 2.45) is 5.92 Å². The zero-order valence-electron chi connectivity index (χ0n) is 19.1. The normalized spacial score (nSPS) is 14.4. The van der Waals surface area contributed by atoms with Gasteiger partial charge in [-0.3, -0.25) is 4.79 Å². The van der Waals surface area contributed by atoms with Gasteiger partial charge in [-0.15, -0.1) is 5.10 Å². The Morgan fingerprint density at radius 2 is 1.89 bits per heavy atom. The number of esters is 1. The summed E-state index contributed by atoms with van der Waals surface area (Å²) in [5.41, 5.74) is 7.67. The molecule has 2 aromatic heterocycles. The molecule has 35 heavy (non-hydrogen) atoms. The molecular weight excluding hydrogens is 454 g/mol. The van der Waals surface area contributed by atoms with E-state index in [1.807, 2.05) is 4.90 Å². The van der Waals surface area contributed by atoms with E-state index in [-0.39, 0.29) is 28.9 Å². The average molecular weight is 479 g/mol. The van der Waals surface area contributed by atoms with Gasteiger partial charge in [0.1, 0.15) is 17.5 Å². The van der Waals surface area contributed by atoms with E-state index in [1.165, 1.54) is 22.9 Å². The predicted octanol–water partition coefficient (Wildman–Crippen LogP) is 4.12. The van der Waals surface area contributed by atoms with E-state index in [0.717, 1.165) is 0 Å². The Balaban J connectivity index is 1.60. The van der Waals surface area contributed by atoms with Gasteiger partial charge in [0.2, 0.25) is 5.95 Å². The lowest BCUT2D eigenvalue weighted by atomic mass is 9.97. The zero-order valence-corrected chi connectivity index (χ0v) is 19.1. The van der Waals surface area contributed by atoms with Crippen molar-refractivity contribution in [2.45, 2.75) is 19.8 Å². The van der Waals surface area contributed by atoms with Crippen LogP contribution in [0, 0.1) is 17.6 Å². The molecule has 8 nitrogen and oxygen atoms in total. The molecule has 1 saturated heterocycles. The average Bonchev–Trinajstić information content (AvgIpc) is 3.20. The van der Waals surface area contributed by atoms with Gasteiger partial charge >= 0.3 is 5.97 Å². The van der Waals surface area contributed by atoms with E-state index in [9.17, 15) is 13.6 Å². The molecule has 10 heteroatoms. The van der Waals surface area contributed by atoms with Gasteiger partial charge in [-0.25, -0.2) is 18.4 Å². The number of rotatable bonds is 5. The molecule has 2 N–H and O–H groups in total. The van der Waals surface area contributed by atoms with Gasteiger partial charge in [0.25, 0.3) is 0 Å². The first-order valence-electron chi connectivity index (χ1n) is 11.4. The molecule has 0 radical (unpaired) electrons. The van der Waals surface area contributed by atoms with E-state index in [4.69, 9.17) is 15.5 Å². The molecule has 0 amide bonds. The highest BCUT2D eigenvalue weighted by atomic mass is 19.1. The smallest absolute Gasteiger partial charge is 0.309 e. The topological polar surface area (TPSA) is 99.2 Å². The van der Waals surface area contributed by atoms with Gasteiger partial charge in [0.05, 0.1) is 29.3 Å². The van der Waals surface area contributed by atoms with Crippen molar-refractivity contribution in [3.63, 3.8) is 0 Å². The van der Waals surface area contributed by atoms with Gasteiger partial charge < -0.3 is 15.4 Å². The largest absolute Gasteiger partial charge is 0.466 e. The number of halogens is 2. The maximum Gasteiger partial charge on any atom is 0.309 e. The lowest BCUT2D eigenvalue weighted by Crippen LogP contribution is -2.38. The molecule has 0 unspecified atom stereocenters. The number of nitrogen functional groups attached to an aromatic ring is 1. The molecule has 2 aromatic carbocycles. The second-order valence-corrected chi connectivity index (χ2v) is 8.34. The second-order valence-electron chi connectivity index (χ2n) is 8.34.